The average molecular weight is 695 g/mol. The van der Waals surface area contributed by atoms with E-state index in [0.29, 0.717) is 0 Å². The average Bonchev–Trinajstić information content (AvgIpc) is 3.10. The standard InChI is InChI=1S/C35H45F2O10P/c1-4-45-48(38,46-5-2)35(36,37)21-30-31(42-24-29-19-13-8-14-20-29)32(43-25-40-22-27-15-9-6-10-16-27)33(34(39-3)47-30)44-26-41-23-28-17-11-7-12-18-28/h6-20,30-34H,4-5,21-26H2,1-3H3/t30-,31-,32+,33-,34+/m1/s1. The van der Waals surface area contributed by atoms with Gasteiger partial charge in [0.05, 0.1) is 45.6 Å². The van der Waals surface area contributed by atoms with E-state index in [1.807, 2.05) is 91.0 Å². The second kappa shape index (κ2) is 19.5. The van der Waals surface area contributed by atoms with Crippen LogP contribution in [0.25, 0.3) is 0 Å². The van der Waals surface area contributed by atoms with E-state index in [2.05, 4.69) is 0 Å². The lowest BCUT2D eigenvalue weighted by Gasteiger charge is -2.46. The first kappa shape index (κ1) is 38.2. The van der Waals surface area contributed by atoms with Gasteiger partial charge in [-0.15, -0.1) is 0 Å². The molecule has 1 fully saturated rings. The highest BCUT2D eigenvalue weighted by molar-refractivity contribution is 7.55. The van der Waals surface area contributed by atoms with Crippen LogP contribution in [0.5, 0.6) is 0 Å². The summed E-state index contributed by atoms with van der Waals surface area (Å²) in [6.07, 6.45) is -6.89. The number of methoxy groups -OCH3 is 1. The smallest absolute Gasteiger partial charge is 0.368 e. The molecule has 0 unspecified atom stereocenters. The first-order valence-electron chi connectivity index (χ1n) is 15.9. The molecule has 0 aliphatic carbocycles. The second-order valence-electron chi connectivity index (χ2n) is 10.9. The molecule has 0 saturated carbocycles. The molecule has 0 N–H and O–H groups in total. The number of rotatable bonds is 21. The Labute approximate surface area is 281 Å². The lowest BCUT2D eigenvalue weighted by molar-refractivity contribution is -0.335. The summed E-state index contributed by atoms with van der Waals surface area (Å²) in [5.41, 5.74) is -1.31. The quantitative estimate of drug-likeness (QED) is 0.0641. The summed E-state index contributed by atoms with van der Waals surface area (Å²) in [4.78, 5) is 0. The summed E-state index contributed by atoms with van der Waals surface area (Å²) in [5.74, 6) is 0. The zero-order valence-electron chi connectivity index (χ0n) is 27.5. The summed E-state index contributed by atoms with van der Waals surface area (Å²) in [6, 6.07) is 28.2. The van der Waals surface area contributed by atoms with Crippen molar-refractivity contribution in [2.24, 2.45) is 0 Å². The van der Waals surface area contributed by atoms with Crippen LogP contribution in [0.2, 0.25) is 0 Å². The molecule has 13 heteroatoms. The Morgan fingerprint density at radius 2 is 1.12 bits per heavy atom. The third-order valence-corrected chi connectivity index (χ3v) is 9.65. The molecule has 1 saturated heterocycles. The van der Waals surface area contributed by atoms with Gasteiger partial charge in [-0.3, -0.25) is 4.57 Å². The Kier molecular flexibility index (Phi) is 15.6. The molecular formula is C35H45F2O10P. The fraction of sp³-hybridized carbons (Fsp3) is 0.486. The van der Waals surface area contributed by atoms with Crippen LogP contribution >= 0.6 is 7.60 Å². The monoisotopic (exact) mass is 694 g/mol. The molecule has 0 amide bonds. The first-order valence-corrected chi connectivity index (χ1v) is 17.4. The van der Waals surface area contributed by atoms with Crippen LogP contribution in [0.4, 0.5) is 8.78 Å². The molecule has 4 rings (SSSR count). The van der Waals surface area contributed by atoms with Gasteiger partial charge in [0.15, 0.2) is 6.29 Å². The summed E-state index contributed by atoms with van der Waals surface area (Å²) in [6.45, 7) is 2.57. The summed E-state index contributed by atoms with van der Waals surface area (Å²) < 4.78 is 97.1. The van der Waals surface area contributed by atoms with Crippen LogP contribution < -0.4 is 0 Å². The third kappa shape index (κ3) is 10.9. The fourth-order valence-electron chi connectivity index (χ4n) is 5.21. The highest BCUT2D eigenvalue weighted by atomic mass is 31.2. The van der Waals surface area contributed by atoms with E-state index in [0.717, 1.165) is 16.7 Å². The zero-order chi connectivity index (χ0) is 34.2. The predicted octanol–water partition coefficient (Wildman–Crippen LogP) is 7.31. The molecule has 264 valence electrons. The molecule has 10 nitrogen and oxygen atoms in total. The number of hydrogen-bond acceptors (Lipinski definition) is 10. The van der Waals surface area contributed by atoms with E-state index >= 15 is 8.78 Å². The van der Waals surface area contributed by atoms with E-state index < -0.39 is 50.4 Å². The van der Waals surface area contributed by atoms with Crippen molar-refractivity contribution < 1.29 is 55.6 Å². The van der Waals surface area contributed by atoms with Crippen molar-refractivity contribution in [2.45, 2.75) is 76.5 Å². The van der Waals surface area contributed by atoms with Crippen molar-refractivity contribution in [2.75, 3.05) is 33.9 Å². The van der Waals surface area contributed by atoms with Crippen LogP contribution in [0.3, 0.4) is 0 Å². The number of alkyl halides is 2. The molecule has 0 bridgehead atoms. The van der Waals surface area contributed by atoms with E-state index in [1.165, 1.54) is 21.0 Å². The lowest BCUT2D eigenvalue weighted by Crippen LogP contribution is -2.61. The van der Waals surface area contributed by atoms with Crippen LogP contribution in [0.1, 0.15) is 37.0 Å². The largest absolute Gasteiger partial charge is 0.399 e. The molecule has 1 aliphatic rings. The van der Waals surface area contributed by atoms with Gasteiger partial charge in [-0.2, -0.15) is 8.78 Å². The van der Waals surface area contributed by atoms with Gasteiger partial charge in [0, 0.05) is 7.11 Å². The maximum absolute atomic E-state index is 15.9. The van der Waals surface area contributed by atoms with Crippen LogP contribution in [0.15, 0.2) is 91.0 Å². The minimum absolute atomic E-state index is 0.0329. The molecule has 5 atom stereocenters. The fourth-order valence-corrected chi connectivity index (χ4v) is 6.74. The van der Waals surface area contributed by atoms with Gasteiger partial charge >= 0.3 is 13.3 Å². The summed E-state index contributed by atoms with van der Waals surface area (Å²) >= 11 is 0. The molecule has 0 spiro atoms. The zero-order valence-corrected chi connectivity index (χ0v) is 28.4. The maximum Gasteiger partial charge on any atom is 0.399 e. The summed E-state index contributed by atoms with van der Waals surface area (Å²) in [5, 5.41) is 0. The van der Waals surface area contributed by atoms with Gasteiger partial charge in [-0.25, -0.2) is 0 Å². The molecule has 0 radical (unpaired) electrons. The number of hydrogen-bond donors (Lipinski definition) is 0. The van der Waals surface area contributed by atoms with Crippen molar-refractivity contribution in [3.05, 3.63) is 108 Å². The molecular weight excluding hydrogens is 649 g/mol. The Hall–Kier alpha value is -2.61. The molecule has 3 aromatic carbocycles. The predicted molar refractivity (Wildman–Crippen MR) is 173 cm³/mol. The van der Waals surface area contributed by atoms with Gasteiger partial charge in [-0.1, -0.05) is 91.0 Å². The van der Waals surface area contributed by atoms with Crippen molar-refractivity contribution in [3.8, 4) is 0 Å². The highest BCUT2D eigenvalue weighted by Gasteiger charge is 2.58. The molecule has 1 aliphatic heterocycles. The van der Waals surface area contributed by atoms with Crippen molar-refractivity contribution >= 4 is 7.60 Å². The van der Waals surface area contributed by atoms with Gasteiger partial charge in [0.25, 0.3) is 0 Å². The lowest BCUT2D eigenvalue weighted by atomic mass is 9.96. The van der Waals surface area contributed by atoms with Crippen LogP contribution in [-0.4, -0.2) is 70.3 Å². The minimum Gasteiger partial charge on any atom is -0.368 e. The minimum atomic E-state index is -4.89. The second-order valence-corrected chi connectivity index (χ2v) is 13.1. The van der Waals surface area contributed by atoms with Crippen LogP contribution in [0, 0.1) is 0 Å². The molecule has 1 heterocycles. The van der Waals surface area contributed by atoms with Crippen molar-refractivity contribution in [1.82, 2.24) is 0 Å². The van der Waals surface area contributed by atoms with Gasteiger partial charge in [0.1, 0.15) is 31.9 Å². The first-order chi connectivity index (χ1) is 23.3. The molecule has 3 aromatic rings. The van der Waals surface area contributed by atoms with Gasteiger partial charge in [-0.05, 0) is 30.5 Å². The van der Waals surface area contributed by atoms with Gasteiger partial charge < -0.3 is 42.2 Å². The molecule has 48 heavy (non-hydrogen) atoms. The Morgan fingerprint density at radius 3 is 1.58 bits per heavy atom. The maximum atomic E-state index is 15.9. The molecule has 0 aromatic heterocycles. The Morgan fingerprint density at radius 1 is 0.667 bits per heavy atom. The van der Waals surface area contributed by atoms with Crippen molar-refractivity contribution in [3.63, 3.8) is 0 Å². The normalized spacial score (nSPS) is 21.7. The van der Waals surface area contributed by atoms with E-state index in [1.54, 1.807) is 0 Å². The van der Waals surface area contributed by atoms with E-state index in [9.17, 15) is 4.57 Å². The van der Waals surface area contributed by atoms with Crippen molar-refractivity contribution in [1.29, 1.82) is 0 Å². The van der Waals surface area contributed by atoms with Gasteiger partial charge in [0.2, 0.25) is 0 Å². The topological polar surface area (TPSA) is 100 Å². The SMILES string of the molecule is CCOP(=O)(OCC)C(F)(F)C[C@H]1O[C@H](OC)[C@H](OCOCc2ccccc2)[C@@H](OCOCc2ccccc2)[C@@H]1OCc1ccccc1. The van der Waals surface area contributed by atoms with E-state index in [4.69, 9.17) is 42.2 Å². The number of halogens is 2. The highest BCUT2D eigenvalue weighted by Crippen LogP contribution is 2.64. The Bertz CT molecular complexity index is 1350. The van der Waals surface area contributed by atoms with E-state index in [-0.39, 0.29) is 46.6 Å². The number of ether oxygens (including phenoxy) is 7. The Balaban J connectivity index is 1.60. The third-order valence-electron chi connectivity index (χ3n) is 7.47. The van der Waals surface area contributed by atoms with Crippen LogP contribution in [-0.2, 0) is 66.6 Å². The summed E-state index contributed by atoms with van der Waals surface area (Å²) in [7, 11) is -3.53. The number of benzene rings is 3.